The van der Waals surface area contributed by atoms with Gasteiger partial charge in [0.1, 0.15) is 0 Å². The van der Waals surface area contributed by atoms with Gasteiger partial charge in [-0.1, -0.05) is 25.5 Å². The van der Waals surface area contributed by atoms with E-state index >= 15 is 0 Å². The van der Waals surface area contributed by atoms with Crippen LogP contribution < -0.4 is 5.11 Å². The van der Waals surface area contributed by atoms with Gasteiger partial charge < -0.3 is 9.90 Å². The zero-order valence-electron chi connectivity index (χ0n) is 11.4. The molecule has 1 atom stereocenters. The molecule has 0 amide bonds. The lowest BCUT2D eigenvalue weighted by molar-refractivity contribution is -0.255. The van der Waals surface area contributed by atoms with Gasteiger partial charge in [0.05, 0.1) is 10.9 Å². The third kappa shape index (κ3) is 2.86. The number of carboxylic acids is 1. The average molecular weight is 296 g/mol. The van der Waals surface area contributed by atoms with Gasteiger partial charge in [0.15, 0.2) is 0 Å². The van der Waals surface area contributed by atoms with Gasteiger partial charge in [0.2, 0.25) is 10.0 Å². The molecule has 6 heteroatoms. The Kier molecular flexibility index (Phi) is 4.45. The number of sulfonamides is 1. The second-order valence-corrected chi connectivity index (χ2v) is 6.88. The van der Waals surface area contributed by atoms with Crippen LogP contribution in [0.15, 0.2) is 29.2 Å². The molecule has 0 saturated carbocycles. The van der Waals surface area contributed by atoms with E-state index in [0.717, 1.165) is 25.7 Å². The van der Waals surface area contributed by atoms with E-state index < -0.39 is 16.0 Å². The highest BCUT2D eigenvalue weighted by molar-refractivity contribution is 7.89. The van der Waals surface area contributed by atoms with Crippen LogP contribution in [0.4, 0.5) is 0 Å². The Hall–Kier alpha value is -1.40. The first-order valence-corrected chi connectivity index (χ1v) is 8.24. The summed E-state index contributed by atoms with van der Waals surface area (Å²) in [6, 6.07) is 5.25. The summed E-state index contributed by atoms with van der Waals surface area (Å²) in [5.41, 5.74) is -0.0189. The molecule has 0 aliphatic carbocycles. The summed E-state index contributed by atoms with van der Waals surface area (Å²) in [6.45, 7) is 2.51. The van der Waals surface area contributed by atoms with Crippen LogP contribution in [-0.2, 0) is 10.0 Å². The first-order chi connectivity index (χ1) is 9.46. The van der Waals surface area contributed by atoms with E-state index in [2.05, 4.69) is 0 Å². The van der Waals surface area contributed by atoms with Gasteiger partial charge in [-0.15, -0.1) is 0 Å². The smallest absolute Gasteiger partial charge is 0.243 e. The first-order valence-electron chi connectivity index (χ1n) is 6.80. The van der Waals surface area contributed by atoms with E-state index in [9.17, 15) is 18.3 Å². The quantitative estimate of drug-likeness (QED) is 0.830. The molecule has 1 aliphatic heterocycles. The second kappa shape index (κ2) is 5.93. The van der Waals surface area contributed by atoms with Crippen molar-refractivity contribution in [2.24, 2.45) is 0 Å². The highest BCUT2D eigenvalue weighted by Crippen LogP contribution is 2.26. The molecular formula is C14H18NO4S-. The van der Waals surface area contributed by atoms with E-state index in [-0.39, 0.29) is 16.5 Å². The Morgan fingerprint density at radius 3 is 2.50 bits per heavy atom. The largest absolute Gasteiger partial charge is 0.545 e. The maximum absolute atomic E-state index is 12.6. The van der Waals surface area contributed by atoms with Crippen molar-refractivity contribution < 1.29 is 18.3 Å². The van der Waals surface area contributed by atoms with Crippen LogP contribution >= 0.6 is 0 Å². The van der Waals surface area contributed by atoms with Gasteiger partial charge in [0.25, 0.3) is 0 Å². The van der Waals surface area contributed by atoms with Crippen molar-refractivity contribution in [3.8, 4) is 0 Å². The molecular weight excluding hydrogens is 278 g/mol. The summed E-state index contributed by atoms with van der Waals surface area (Å²) >= 11 is 0. The Morgan fingerprint density at radius 2 is 1.95 bits per heavy atom. The van der Waals surface area contributed by atoms with Gasteiger partial charge in [-0.25, -0.2) is 8.42 Å². The monoisotopic (exact) mass is 296 g/mol. The molecule has 1 fully saturated rings. The molecule has 5 nitrogen and oxygen atoms in total. The van der Waals surface area contributed by atoms with Crippen LogP contribution in [0.2, 0.25) is 0 Å². The number of nitrogens with zero attached hydrogens (tertiary/aromatic N) is 1. The summed E-state index contributed by atoms with van der Waals surface area (Å²) in [4.78, 5) is 10.8. The Labute approximate surface area is 119 Å². The van der Waals surface area contributed by atoms with Crippen molar-refractivity contribution in [1.29, 1.82) is 0 Å². The Bertz CT molecular complexity index is 580. The lowest BCUT2D eigenvalue weighted by atomic mass is 10.0. The van der Waals surface area contributed by atoms with Crippen molar-refractivity contribution in [2.75, 3.05) is 6.54 Å². The highest BCUT2D eigenvalue weighted by Gasteiger charge is 2.32. The maximum atomic E-state index is 12.6. The zero-order chi connectivity index (χ0) is 14.8. The minimum absolute atomic E-state index is 0.0189. The van der Waals surface area contributed by atoms with Crippen LogP contribution in [-0.4, -0.2) is 31.3 Å². The van der Waals surface area contributed by atoms with E-state index in [4.69, 9.17) is 0 Å². The van der Waals surface area contributed by atoms with E-state index in [0.29, 0.717) is 6.54 Å². The SMILES string of the molecule is CC[C@H]1CCCCN1S(=O)(=O)c1ccc(C(=O)[O-])cc1. The van der Waals surface area contributed by atoms with Crippen molar-refractivity contribution >= 4 is 16.0 Å². The summed E-state index contributed by atoms with van der Waals surface area (Å²) < 4.78 is 26.7. The van der Waals surface area contributed by atoms with Crippen LogP contribution in [0.25, 0.3) is 0 Å². The number of hydrogen-bond acceptors (Lipinski definition) is 4. The maximum Gasteiger partial charge on any atom is 0.243 e. The fourth-order valence-electron chi connectivity index (χ4n) is 2.60. The summed E-state index contributed by atoms with van der Waals surface area (Å²) in [6.07, 6.45) is 3.59. The fraction of sp³-hybridized carbons (Fsp3) is 0.500. The van der Waals surface area contributed by atoms with E-state index in [1.807, 2.05) is 6.92 Å². The number of benzene rings is 1. The normalized spacial score (nSPS) is 20.8. The molecule has 0 spiro atoms. The van der Waals surface area contributed by atoms with E-state index in [1.165, 1.54) is 24.3 Å². The van der Waals surface area contributed by atoms with Crippen LogP contribution in [0.5, 0.6) is 0 Å². The number of carboxylic acid groups (broad SMARTS) is 1. The Morgan fingerprint density at radius 1 is 1.30 bits per heavy atom. The molecule has 110 valence electrons. The lowest BCUT2D eigenvalue weighted by Gasteiger charge is -2.34. The number of rotatable bonds is 4. The predicted molar refractivity (Wildman–Crippen MR) is 72.6 cm³/mol. The van der Waals surface area contributed by atoms with Gasteiger partial charge in [-0.2, -0.15) is 4.31 Å². The lowest BCUT2D eigenvalue weighted by Crippen LogP contribution is -2.43. The summed E-state index contributed by atoms with van der Waals surface area (Å²) in [5, 5.41) is 10.7. The first kappa shape index (κ1) is 15.0. The van der Waals surface area contributed by atoms with Crippen molar-refractivity contribution in [3.05, 3.63) is 29.8 Å². The minimum Gasteiger partial charge on any atom is -0.545 e. The molecule has 20 heavy (non-hydrogen) atoms. The Balaban J connectivity index is 2.31. The standard InChI is InChI=1S/C14H19NO4S/c1-2-12-5-3-4-10-15(12)20(18,19)13-8-6-11(7-9-13)14(16)17/h6-9,12H,2-5,10H2,1H3,(H,16,17)/p-1/t12-/m0/s1. The average Bonchev–Trinajstić information content (AvgIpc) is 2.47. The number of carbonyl (C=O) groups excluding carboxylic acids is 1. The van der Waals surface area contributed by atoms with Crippen LogP contribution in [0, 0.1) is 0 Å². The second-order valence-electron chi connectivity index (χ2n) is 4.99. The van der Waals surface area contributed by atoms with E-state index in [1.54, 1.807) is 4.31 Å². The molecule has 1 aromatic rings. The third-order valence-electron chi connectivity index (χ3n) is 3.74. The molecule has 0 aromatic heterocycles. The summed E-state index contributed by atoms with van der Waals surface area (Å²) in [5.74, 6) is -1.31. The number of aromatic carboxylic acids is 1. The molecule has 1 aromatic carbocycles. The fourth-order valence-corrected chi connectivity index (χ4v) is 4.36. The van der Waals surface area contributed by atoms with Gasteiger partial charge in [-0.05, 0) is 37.0 Å². The third-order valence-corrected chi connectivity index (χ3v) is 5.71. The number of hydrogen-bond donors (Lipinski definition) is 0. The molecule has 0 radical (unpaired) electrons. The molecule has 0 unspecified atom stereocenters. The van der Waals surface area contributed by atoms with Crippen molar-refractivity contribution in [3.63, 3.8) is 0 Å². The van der Waals surface area contributed by atoms with Crippen molar-refractivity contribution in [2.45, 2.75) is 43.5 Å². The zero-order valence-corrected chi connectivity index (χ0v) is 12.2. The van der Waals surface area contributed by atoms with Gasteiger partial charge in [0, 0.05) is 12.6 Å². The van der Waals surface area contributed by atoms with Crippen molar-refractivity contribution in [1.82, 2.24) is 4.31 Å². The van der Waals surface area contributed by atoms with Crippen LogP contribution in [0.3, 0.4) is 0 Å². The highest BCUT2D eigenvalue weighted by atomic mass is 32.2. The predicted octanol–water partition coefficient (Wildman–Crippen LogP) is 1.00. The van der Waals surface area contributed by atoms with Crippen LogP contribution in [0.1, 0.15) is 43.0 Å². The molecule has 1 heterocycles. The summed E-state index contributed by atoms with van der Waals surface area (Å²) in [7, 11) is -3.55. The topological polar surface area (TPSA) is 77.5 Å². The molecule has 1 saturated heterocycles. The molecule has 0 N–H and O–H groups in total. The number of carbonyl (C=O) groups is 1. The minimum atomic E-state index is -3.55. The number of piperidine rings is 1. The molecule has 0 bridgehead atoms. The van der Waals surface area contributed by atoms with Gasteiger partial charge >= 0.3 is 0 Å². The molecule has 1 aliphatic rings. The molecule has 2 rings (SSSR count). The van der Waals surface area contributed by atoms with Gasteiger partial charge in [-0.3, -0.25) is 0 Å².